The van der Waals surface area contributed by atoms with E-state index >= 15 is 0 Å². The molecule has 10 atom stereocenters. The van der Waals surface area contributed by atoms with E-state index in [1.54, 1.807) is 0 Å². The van der Waals surface area contributed by atoms with Gasteiger partial charge in [-0.2, -0.15) is 0 Å². The van der Waals surface area contributed by atoms with Crippen LogP contribution in [0.25, 0.3) is 0 Å². The SMILES string of the molecule is ClC12C3C4[C@H]5CC[C@@H]3[C@@H]3[C@H]5[C@](Cl)(C41Cl)C(Cl)(Cl)[C@@]32Cl. The topological polar surface area (TPSA) is 0 Å². The van der Waals surface area contributed by atoms with Gasteiger partial charge in [-0.25, -0.2) is 0 Å². The third-order valence-electron chi connectivity index (χ3n) is 7.79. The number of hydrogen-bond acceptors (Lipinski definition) is 0. The third-order valence-corrected chi connectivity index (χ3v) is 13.0. The molecule has 0 N–H and O–H groups in total. The predicted molar refractivity (Wildman–Crippen MR) is 78.9 cm³/mol. The highest BCUT2D eigenvalue weighted by Gasteiger charge is 3.10. The number of rotatable bonds is 0. The van der Waals surface area contributed by atoms with Crippen LogP contribution in [-0.2, 0) is 0 Å². The molecule has 0 heterocycles. The van der Waals surface area contributed by atoms with Gasteiger partial charge in [0.25, 0.3) is 0 Å². The Balaban J connectivity index is 1.84. The summed E-state index contributed by atoms with van der Waals surface area (Å²) >= 11 is 41.7. The van der Waals surface area contributed by atoms with Crippen molar-refractivity contribution < 1.29 is 0 Å². The molecule has 0 spiro atoms. The van der Waals surface area contributed by atoms with Gasteiger partial charge in [-0.15, -0.1) is 46.4 Å². The van der Waals surface area contributed by atoms with Crippen LogP contribution >= 0.6 is 69.6 Å². The Morgan fingerprint density at radius 3 is 1.21 bits per heavy atom. The first kappa shape index (κ1) is 12.2. The quantitative estimate of drug-likeness (QED) is 0.539. The maximum Gasteiger partial charge on any atom is 0.160 e. The van der Waals surface area contributed by atoms with Gasteiger partial charge in [-0.3, -0.25) is 0 Å². The van der Waals surface area contributed by atoms with Gasteiger partial charge >= 0.3 is 0 Å². The van der Waals surface area contributed by atoms with Crippen molar-refractivity contribution in [2.24, 2.45) is 35.5 Å². The van der Waals surface area contributed by atoms with Gasteiger partial charge in [0.2, 0.25) is 0 Å². The Labute approximate surface area is 141 Å². The van der Waals surface area contributed by atoms with Crippen LogP contribution in [0.4, 0.5) is 0 Å². The second kappa shape index (κ2) is 2.59. The highest BCUT2D eigenvalue weighted by atomic mass is 35.5. The summed E-state index contributed by atoms with van der Waals surface area (Å²) in [5, 5.41) is 0. The van der Waals surface area contributed by atoms with Crippen LogP contribution in [0.2, 0.25) is 0 Å². The summed E-state index contributed by atoms with van der Waals surface area (Å²) in [5.74, 6) is 2.25. The standard InChI is InChI=1S/C13H10Cl6/c14-9-5-3-1-2-4-6(5)10(9,15)12(17)8(4)7(3)11(9,16)13(12,18)19/h3-8H,1-2H2/t3-,4+,5?,6?,7+,8-,9?,10?,11+,12-. The Hall–Kier alpha value is 1.74. The lowest BCUT2D eigenvalue weighted by molar-refractivity contribution is -0.0477. The van der Waals surface area contributed by atoms with Gasteiger partial charge in [0.1, 0.15) is 9.75 Å². The van der Waals surface area contributed by atoms with Crippen molar-refractivity contribution in [1.29, 1.82) is 0 Å². The van der Waals surface area contributed by atoms with E-state index in [0.717, 1.165) is 0 Å². The molecule has 0 aromatic heterocycles. The van der Waals surface area contributed by atoms with Crippen LogP contribution in [0.5, 0.6) is 0 Å². The van der Waals surface area contributed by atoms with Crippen molar-refractivity contribution in [1.82, 2.24) is 0 Å². The molecule has 7 aliphatic carbocycles. The van der Waals surface area contributed by atoms with Crippen molar-refractivity contribution in [3.63, 3.8) is 0 Å². The van der Waals surface area contributed by atoms with Crippen LogP contribution in [0.3, 0.4) is 0 Å². The molecular weight excluding hydrogens is 369 g/mol. The highest BCUT2D eigenvalue weighted by Crippen LogP contribution is 3.01. The molecule has 4 bridgehead atoms. The number of halogens is 6. The largest absolute Gasteiger partial charge is 0.160 e. The minimum absolute atomic E-state index is 0.244. The highest BCUT2D eigenvalue weighted by molar-refractivity contribution is 6.65. The van der Waals surface area contributed by atoms with Crippen molar-refractivity contribution in [3.8, 4) is 0 Å². The van der Waals surface area contributed by atoms with E-state index in [4.69, 9.17) is 69.6 Å². The summed E-state index contributed by atoms with van der Waals surface area (Å²) in [6.45, 7) is 0. The molecule has 0 aromatic rings. The molecule has 0 saturated heterocycles. The molecular formula is C13H10Cl6. The van der Waals surface area contributed by atoms with Crippen molar-refractivity contribution in [3.05, 3.63) is 0 Å². The molecule has 0 radical (unpaired) electrons. The molecule has 7 saturated carbocycles. The van der Waals surface area contributed by atoms with Crippen molar-refractivity contribution in [2.75, 3.05) is 0 Å². The Kier molecular flexibility index (Phi) is 1.66. The first-order valence-corrected chi connectivity index (χ1v) is 9.12. The van der Waals surface area contributed by atoms with Gasteiger partial charge in [0.15, 0.2) is 4.33 Å². The lowest BCUT2D eigenvalue weighted by Gasteiger charge is -2.63. The van der Waals surface area contributed by atoms with Crippen molar-refractivity contribution >= 4 is 69.6 Å². The summed E-state index contributed by atoms with van der Waals surface area (Å²) in [6, 6.07) is 0. The minimum atomic E-state index is -1.23. The summed E-state index contributed by atoms with van der Waals surface area (Å²) in [5.41, 5.74) is 0. The summed E-state index contributed by atoms with van der Waals surface area (Å²) in [7, 11) is 0. The number of hydrogen-bond donors (Lipinski definition) is 0. The van der Waals surface area contributed by atoms with E-state index < -0.39 is 23.8 Å². The van der Waals surface area contributed by atoms with Gasteiger partial charge in [-0.05, 0) is 48.3 Å². The number of fused-ring (bicyclic) bond motifs is 1. The fraction of sp³-hybridized carbons (Fsp3) is 1.00. The molecule has 7 fully saturated rings. The maximum absolute atomic E-state index is 7.05. The molecule has 0 aliphatic heterocycles. The second-order valence-corrected chi connectivity index (χ2v) is 11.1. The molecule has 0 amide bonds. The van der Waals surface area contributed by atoms with E-state index in [1.807, 2.05) is 0 Å². The summed E-state index contributed by atoms with van der Waals surface area (Å²) < 4.78 is -1.23. The zero-order valence-corrected chi connectivity index (χ0v) is 14.2. The molecule has 6 heteroatoms. The zero-order chi connectivity index (χ0) is 13.4. The first-order chi connectivity index (χ1) is 8.72. The van der Waals surface area contributed by atoms with Crippen LogP contribution in [0.15, 0.2) is 0 Å². The van der Waals surface area contributed by atoms with Crippen LogP contribution < -0.4 is 0 Å². The molecule has 4 unspecified atom stereocenters. The van der Waals surface area contributed by atoms with Gasteiger partial charge in [0.05, 0.1) is 9.75 Å². The van der Waals surface area contributed by atoms with E-state index in [2.05, 4.69) is 0 Å². The van der Waals surface area contributed by atoms with E-state index in [-0.39, 0.29) is 11.8 Å². The lowest BCUT2D eigenvalue weighted by atomic mass is 9.49. The second-order valence-electron chi connectivity index (χ2n) is 7.43. The summed E-state index contributed by atoms with van der Waals surface area (Å²) in [4.78, 5) is -3.17. The van der Waals surface area contributed by atoms with E-state index in [0.29, 0.717) is 23.7 Å². The van der Waals surface area contributed by atoms with Crippen LogP contribution in [0.1, 0.15) is 12.8 Å². The normalized spacial score (nSPS) is 83.1. The van der Waals surface area contributed by atoms with Crippen LogP contribution in [-0.4, -0.2) is 23.8 Å². The fourth-order valence-electron chi connectivity index (χ4n) is 7.81. The zero-order valence-electron chi connectivity index (χ0n) is 9.65. The van der Waals surface area contributed by atoms with Gasteiger partial charge in [-0.1, -0.05) is 23.2 Å². The molecule has 104 valence electrons. The molecule has 0 nitrogen and oxygen atoms in total. The molecule has 7 rings (SSSR count). The van der Waals surface area contributed by atoms with E-state index in [9.17, 15) is 0 Å². The maximum atomic E-state index is 7.05. The predicted octanol–water partition coefficient (Wildman–Crippen LogP) is 4.63. The smallest absolute Gasteiger partial charge is 0.115 e. The third kappa shape index (κ3) is 0.624. The van der Waals surface area contributed by atoms with Gasteiger partial charge in [0, 0.05) is 0 Å². The molecule has 0 aromatic carbocycles. The first-order valence-electron chi connectivity index (χ1n) is 6.86. The fourth-order valence-corrected chi connectivity index (χ4v) is 12.4. The molecule has 19 heavy (non-hydrogen) atoms. The van der Waals surface area contributed by atoms with Crippen molar-refractivity contribution in [2.45, 2.75) is 36.7 Å². The lowest BCUT2D eigenvalue weighted by Crippen LogP contribution is -2.73. The average Bonchev–Trinajstić information content (AvgIpc) is 2.70. The molecule has 7 aliphatic rings. The van der Waals surface area contributed by atoms with Crippen LogP contribution in [0, 0.1) is 35.5 Å². The minimum Gasteiger partial charge on any atom is -0.115 e. The van der Waals surface area contributed by atoms with E-state index in [1.165, 1.54) is 12.8 Å². The van der Waals surface area contributed by atoms with Gasteiger partial charge < -0.3 is 0 Å². The Bertz CT molecular complexity index is 529. The average molecular weight is 379 g/mol. The number of alkyl halides is 6. The monoisotopic (exact) mass is 376 g/mol. The Morgan fingerprint density at radius 1 is 0.526 bits per heavy atom. The summed E-state index contributed by atoms with van der Waals surface area (Å²) in [6.07, 6.45) is 2.36. The Morgan fingerprint density at radius 2 is 0.842 bits per heavy atom.